The maximum Gasteiger partial charge on any atom is -0.0162 e. The smallest absolute Gasteiger partial charge is 0.0162 e. The van der Waals surface area contributed by atoms with E-state index in [1.165, 1.54) is 80.9 Å². The summed E-state index contributed by atoms with van der Waals surface area (Å²) in [4.78, 5) is 0. The Balaban J connectivity index is 1.56. The third kappa shape index (κ3) is 5.22. The lowest BCUT2D eigenvalue weighted by Gasteiger charge is -2.28. The van der Waals surface area contributed by atoms with Crippen LogP contribution in [0.2, 0.25) is 0 Å². The van der Waals surface area contributed by atoms with E-state index < -0.39 is 0 Å². The number of hydrogen-bond donors (Lipinski definition) is 0. The Morgan fingerprint density at radius 1 is 0.692 bits per heavy atom. The molecule has 1 aliphatic carbocycles. The van der Waals surface area contributed by atoms with Gasteiger partial charge in [-0.3, -0.25) is 0 Å². The van der Waals surface area contributed by atoms with Crippen LogP contribution in [0.4, 0.5) is 0 Å². The largest absolute Gasteiger partial charge is 0.0654 e. The molecule has 0 heterocycles. The van der Waals surface area contributed by atoms with Crippen LogP contribution in [-0.2, 0) is 6.42 Å². The van der Waals surface area contributed by atoms with Gasteiger partial charge in [-0.05, 0) is 72.6 Å². The van der Waals surface area contributed by atoms with Gasteiger partial charge in [-0.1, -0.05) is 88.1 Å². The average Bonchev–Trinajstić information content (AvgIpc) is 2.72. The Morgan fingerprint density at radius 3 is 1.88 bits per heavy atom. The predicted octanol–water partition coefficient (Wildman–Crippen LogP) is 8.16. The minimum Gasteiger partial charge on any atom is -0.0654 e. The fraction of sp³-hybridized carbons (Fsp3) is 0.538. The summed E-state index contributed by atoms with van der Waals surface area (Å²) < 4.78 is 0. The average molecular weight is 349 g/mol. The topological polar surface area (TPSA) is 0 Å². The predicted molar refractivity (Wildman–Crippen MR) is 115 cm³/mol. The van der Waals surface area contributed by atoms with Crippen LogP contribution in [0.3, 0.4) is 0 Å². The zero-order valence-corrected chi connectivity index (χ0v) is 16.8. The molecule has 1 fully saturated rings. The Morgan fingerprint density at radius 2 is 1.31 bits per heavy atom. The van der Waals surface area contributed by atoms with Crippen LogP contribution in [0.25, 0.3) is 11.1 Å². The molecular formula is C26H36. The Kier molecular flexibility index (Phi) is 7.35. The molecule has 140 valence electrons. The summed E-state index contributed by atoms with van der Waals surface area (Å²) in [5.41, 5.74) is 5.74. The molecule has 2 aromatic carbocycles. The molecule has 0 unspecified atom stereocenters. The quantitative estimate of drug-likeness (QED) is 0.422. The second-order valence-electron chi connectivity index (χ2n) is 8.26. The molecule has 0 aliphatic heterocycles. The van der Waals surface area contributed by atoms with E-state index in [2.05, 4.69) is 62.4 Å². The minimum absolute atomic E-state index is 0.789. The molecule has 0 nitrogen and oxygen atoms in total. The highest BCUT2D eigenvalue weighted by molar-refractivity contribution is 5.64. The second-order valence-corrected chi connectivity index (χ2v) is 8.26. The highest BCUT2D eigenvalue weighted by Crippen LogP contribution is 2.37. The van der Waals surface area contributed by atoms with Crippen molar-refractivity contribution in [1.82, 2.24) is 0 Å². The lowest BCUT2D eigenvalue weighted by molar-refractivity contribution is 0.319. The van der Waals surface area contributed by atoms with Gasteiger partial charge in [0, 0.05) is 0 Å². The maximum atomic E-state index is 2.38. The first kappa shape index (κ1) is 19.2. The molecule has 26 heavy (non-hydrogen) atoms. The summed E-state index contributed by atoms with van der Waals surface area (Å²) in [5.74, 6) is 1.77. The summed E-state index contributed by atoms with van der Waals surface area (Å²) in [5, 5.41) is 0. The van der Waals surface area contributed by atoms with Crippen LogP contribution in [0.15, 0.2) is 48.5 Å². The van der Waals surface area contributed by atoms with Gasteiger partial charge in [0.2, 0.25) is 0 Å². The van der Waals surface area contributed by atoms with Crippen LogP contribution in [-0.4, -0.2) is 0 Å². The van der Waals surface area contributed by atoms with Crippen LogP contribution in [0, 0.1) is 5.92 Å². The molecule has 3 rings (SSSR count). The third-order valence-corrected chi connectivity index (χ3v) is 6.41. The van der Waals surface area contributed by atoms with E-state index in [-0.39, 0.29) is 0 Å². The van der Waals surface area contributed by atoms with Gasteiger partial charge in [-0.15, -0.1) is 0 Å². The zero-order valence-electron chi connectivity index (χ0n) is 16.8. The van der Waals surface area contributed by atoms with E-state index in [1.54, 1.807) is 5.56 Å². The third-order valence-electron chi connectivity index (χ3n) is 6.41. The molecule has 0 N–H and O–H groups in total. The molecule has 1 saturated carbocycles. The highest BCUT2D eigenvalue weighted by Gasteiger charge is 2.21. The number of hydrogen-bond acceptors (Lipinski definition) is 0. The Hall–Kier alpha value is -1.56. The molecule has 0 amide bonds. The fourth-order valence-corrected chi connectivity index (χ4v) is 4.47. The molecular weight excluding hydrogens is 312 g/mol. The van der Waals surface area contributed by atoms with Crippen molar-refractivity contribution in [2.75, 3.05) is 0 Å². The van der Waals surface area contributed by atoms with Crippen molar-refractivity contribution in [1.29, 1.82) is 0 Å². The van der Waals surface area contributed by atoms with Crippen LogP contribution in [0.1, 0.15) is 88.7 Å². The number of rotatable bonds is 8. The molecule has 0 bridgehead atoms. The van der Waals surface area contributed by atoms with Gasteiger partial charge >= 0.3 is 0 Å². The van der Waals surface area contributed by atoms with Crippen molar-refractivity contribution in [2.24, 2.45) is 5.92 Å². The molecule has 0 saturated heterocycles. The van der Waals surface area contributed by atoms with E-state index in [0.29, 0.717) is 0 Å². The lowest BCUT2D eigenvalue weighted by atomic mass is 9.77. The van der Waals surface area contributed by atoms with Gasteiger partial charge in [0.25, 0.3) is 0 Å². The van der Waals surface area contributed by atoms with Crippen molar-refractivity contribution >= 4 is 0 Å². The van der Waals surface area contributed by atoms with Gasteiger partial charge < -0.3 is 0 Å². The van der Waals surface area contributed by atoms with Gasteiger partial charge in [0.05, 0.1) is 0 Å². The monoisotopic (exact) mass is 348 g/mol. The van der Waals surface area contributed by atoms with E-state index in [0.717, 1.165) is 11.8 Å². The van der Waals surface area contributed by atoms with Crippen molar-refractivity contribution in [2.45, 2.75) is 84.0 Å². The van der Waals surface area contributed by atoms with Crippen molar-refractivity contribution in [3.8, 4) is 11.1 Å². The number of unbranched alkanes of at least 4 members (excludes halogenated alkanes) is 3. The standard InChI is InChI=1S/C26H36/c1-3-5-6-7-8-22-11-15-24(16-12-22)26-19-17-25(18-20-26)23-13-9-21(4-2)10-14-23/h11-12,15-21,23H,3-10,13-14H2,1-2H3. The minimum atomic E-state index is 0.789. The molecule has 0 radical (unpaired) electrons. The summed E-state index contributed by atoms with van der Waals surface area (Å²) in [6, 6.07) is 18.7. The molecule has 2 aromatic rings. The van der Waals surface area contributed by atoms with Crippen molar-refractivity contribution < 1.29 is 0 Å². The first-order valence-corrected chi connectivity index (χ1v) is 11.0. The summed E-state index contributed by atoms with van der Waals surface area (Å²) in [6.45, 7) is 4.62. The second kappa shape index (κ2) is 9.95. The fourth-order valence-electron chi connectivity index (χ4n) is 4.47. The molecule has 0 heteroatoms. The van der Waals surface area contributed by atoms with Crippen LogP contribution in [0.5, 0.6) is 0 Å². The summed E-state index contributed by atoms with van der Waals surface area (Å²) in [6.07, 6.45) is 13.5. The van der Waals surface area contributed by atoms with Crippen molar-refractivity contribution in [3.05, 3.63) is 59.7 Å². The van der Waals surface area contributed by atoms with E-state index in [4.69, 9.17) is 0 Å². The molecule has 1 aliphatic rings. The first-order valence-electron chi connectivity index (χ1n) is 11.0. The maximum absolute atomic E-state index is 2.38. The Labute approximate surface area is 161 Å². The first-order chi connectivity index (χ1) is 12.8. The van der Waals surface area contributed by atoms with Crippen LogP contribution >= 0.6 is 0 Å². The molecule has 0 spiro atoms. The number of benzene rings is 2. The summed E-state index contributed by atoms with van der Waals surface area (Å²) in [7, 11) is 0. The van der Waals surface area contributed by atoms with Gasteiger partial charge in [-0.25, -0.2) is 0 Å². The normalized spacial score (nSPS) is 20.2. The molecule has 0 aromatic heterocycles. The van der Waals surface area contributed by atoms with Gasteiger partial charge in [-0.2, -0.15) is 0 Å². The van der Waals surface area contributed by atoms with E-state index in [9.17, 15) is 0 Å². The SMILES string of the molecule is CCCCCCc1ccc(-c2ccc(C3CCC(CC)CC3)cc2)cc1. The molecule has 0 atom stereocenters. The van der Waals surface area contributed by atoms with Gasteiger partial charge in [0.15, 0.2) is 0 Å². The Bertz CT molecular complexity index is 627. The van der Waals surface area contributed by atoms with Crippen molar-refractivity contribution in [3.63, 3.8) is 0 Å². The zero-order chi connectivity index (χ0) is 18.2. The highest BCUT2D eigenvalue weighted by atomic mass is 14.3. The van der Waals surface area contributed by atoms with E-state index in [1.807, 2.05) is 0 Å². The summed E-state index contributed by atoms with van der Waals surface area (Å²) >= 11 is 0. The van der Waals surface area contributed by atoms with Gasteiger partial charge in [0.1, 0.15) is 0 Å². The lowest BCUT2D eigenvalue weighted by Crippen LogP contribution is -2.12. The van der Waals surface area contributed by atoms with E-state index >= 15 is 0 Å². The number of aryl methyl sites for hydroxylation is 1. The van der Waals surface area contributed by atoms with Crippen LogP contribution < -0.4 is 0 Å².